The van der Waals surface area contributed by atoms with Crippen LogP contribution in [-0.4, -0.2) is 8.07 Å². The minimum atomic E-state index is -2.58. The largest absolute Gasteiger partial charge is 0.0836 e. The third-order valence-corrected chi connectivity index (χ3v) is 30.6. The number of fused-ring (bicyclic) bond motifs is 4. The van der Waals surface area contributed by atoms with Gasteiger partial charge in [-0.2, -0.15) is 0 Å². The predicted molar refractivity (Wildman–Crippen MR) is 303 cm³/mol. The van der Waals surface area contributed by atoms with Crippen LogP contribution in [0.4, 0.5) is 0 Å². The predicted octanol–water partition coefficient (Wildman–Crippen LogP) is 18.0. The lowest BCUT2D eigenvalue weighted by Gasteiger charge is -2.60. The van der Waals surface area contributed by atoms with Gasteiger partial charge in [0.15, 0.2) is 0 Å². The summed E-state index contributed by atoms with van der Waals surface area (Å²) in [5.41, 5.74) is 31.8. The van der Waals surface area contributed by atoms with E-state index in [1.807, 2.05) is 0 Å². The lowest BCUT2D eigenvalue weighted by Crippen LogP contribution is -2.59. The quantitative estimate of drug-likeness (QED) is 0.155. The van der Waals surface area contributed by atoms with Crippen LogP contribution in [-0.2, 0) is 42.9 Å². The molecule has 0 nitrogen and oxygen atoms in total. The van der Waals surface area contributed by atoms with Crippen LogP contribution in [0.25, 0.3) is 0 Å². The van der Waals surface area contributed by atoms with Crippen molar-refractivity contribution in [3.05, 3.63) is 209 Å². The van der Waals surface area contributed by atoms with Crippen LogP contribution in [0.3, 0.4) is 0 Å². The van der Waals surface area contributed by atoms with Crippen molar-refractivity contribution in [1.82, 2.24) is 0 Å². The van der Waals surface area contributed by atoms with Crippen LogP contribution in [0, 0.1) is 0 Å². The van der Waals surface area contributed by atoms with Crippen LogP contribution >= 0.6 is 0 Å². The highest BCUT2D eigenvalue weighted by Gasteiger charge is 2.80. The Morgan fingerprint density at radius 3 is 0.931 bits per heavy atom. The van der Waals surface area contributed by atoms with Crippen molar-refractivity contribution < 1.29 is 0 Å². The van der Waals surface area contributed by atoms with Crippen LogP contribution in [0.15, 0.2) is 109 Å². The summed E-state index contributed by atoms with van der Waals surface area (Å²) in [4.78, 5) is 0. The molecule has 0 spiro atoms. The average molecular weight is 962 g/mol. The first kappa shape index (κ1) is 45.0. The SMILES string of the molecule is CC1(C)CCC(C)(C)c2cc3c(cc21)C1c2cc4c(cc2C3(C[Si]2(C35c6ccccc6C(c6ccccc63)c3ccccc35)C3CCCCC32)c2cc3c(cc21)C(C)(C)CCC3(C)C)C(C)(C)CCC4(C)C. The Hall–Kier alpha value is -4.46. The molecule has 10 aliphatic carbocycles. The average Bonchev–Trinajstić information content (AvgIpc) is 4.02. The van der Waals surface area contributed by atoms with Gasteiger partial charge in [-0.3, -0.25) is 0 Å². The van der Waals surface area contributed by atoms with Gasteiger partial charge >= 0.3 is 0 Å². The van der Waals surface area contributed by atoms with Gasteiger partial charge in [-0.1, -0.05) is 218 Å². The molecular weight excluding hydrogens is 881 g/mol. The van der Waals surface area contributed by atoms with E-state index in [1.54, 1.807) is 100 Å². The number of rotatable bonds is 3. The summed E-state index contributed by atoms with van der Waals surface area (Å²) >= 11 is 0. The maximum atomic E-state index is 2.95. The molecule has 6 aromatic carbocycles. The highest BCUT2D eigenvalue weighted by atomic mass is 28.3. The second kappa shape index (κ2) is 13.7. The highest BCUT2D eigenvalue weighted by molar-refractivity contribution is 6.97. The van der Waals surface area contributed by atoms with E-state index < -0.39 is 8.07 Å². The normalized spacial score (nSPS) is 32.5. The zero-order valence-electron chi connectivity index (χ0n) is 46.0. The van der Waals surface area contributed by atoms with E-state index in [2.05, 4.69) is 192 Å². The Bertz CT molecular complexity index is 3060. The Balaban J connectivity index is 1.14. The molecular formula is C71H80Si. The van der Waals surface area contributed by atoms with Crippen LogP contribution < -0.4 is 0 Å². The summed E-state index contributed by atoms with van der Waals surface area (Å²) < 4.78 is 0. The molecule has 368 valence electrons. The van der Waals surface area contributed by atoms with Crippen molar-refractivity contribution in [2.45, 2.75) is 219 Å². The molecule has 17 rings (SSSR count). The molecule has 1 heteroatoms. The number of hydrogen-bond donors (Lipinski definition) is 0. The van der Waals surface area contributed by atoms with Crippen molar-refractivity contribution in [2.24, 2.45) is 0 Å². The van der Waals surface area contributed by atoms with Gasteiger partial charge in [0.05, 0.1) is 8.07 Å². The fourth-order valence-electron chi connectivity index (χ4n) is 19.5. The first-order valence-electron chi connectivity index (χ1n) is 29.0. The minimum absolute atomic E-state index is 0.104. The first-order chi connectivity index (χ1) is 34.1. The van der Waals surface area contributed by atoms with Gasteiger partial charge < -0.3 is 0 Å². The Morgan fingerprint density at radius 1 is 0.333 bits per heavy atom. The van der Waals surface area contributed by atoms with Crippen LogP contribution in [0.2, 0.25) is 17.1 Å². The molecule has 0 amide bonds. The molecule has 72 heavy (non-hydrogen) atoms. The summed E-state index contributed by atoms with van der Waals surface area (Å²) in [6, 6.07) is 48.9. The fourth-order valence-corrected chi connectivity index (χ4v) is 28.7. The van der Waals surface area contributed by atoms with Gasteiger partial charge in [0.2, 0.25) is 0 Å². The van der Waals surface area contributed by atoms with Crippen LogP contribution in [0.5, 0.6) is 0 Å². The molecule has 2 unspecified atom stereocenters. The smallest absolute Gasteiger partial charge is 0.0619 e. The molecule has 2 fully saturated rings. The Kier molecular flexibility index (Phi) is 8.54. The zero-order chi connectivity index (χ0) is 49.7. The molecule has 0 radical (unpaired) electrons. The zero-order valence-corrected chi connectivity index (χ0v) is 47.0. The van der Waals surface area contributed by atoms with Crippen molar-refractivity contribution in [2.75, 3.05) is 0 Å². The molecule has 4 bridgehead atoms. The summed E-state index contributed by atoms with van der Waals surface area (Å²) in [5.74, 6) is 0.513. The van der Waals surface area contributed by atoms with E-state index in [1.165, 1.54) is 70.3 Å². The Labute approximate surface area is 434 Å². The Morgan fingerprint density at radius 2 is 0.611 bits per heavy atom. The highest BCUT2D eigenvalue weighted by Crippen LogP contribution is 2.83. The number of benzene rings is 6. The second-order valence-electron chi connectivity index (χ2n) is 29.8. The first-order valence-corrected chi connectivity index (χ1v) is 31.3. The maximum absolute atomic E-state index is 2.95. The van der Waals surface area contributed by atoms with Gasteiger partial charge in [-0.05, 0) is 188 Å². The minimum Gasteiger partial charge on any atom is -0.0619 e. The third kappa shape index (κ3) is 5.18. The molecule has 1 heterocycles. The van der Waals surface area contributed by atoms with Gasteiger partial charge in [-0.15, -0.1) is 0 Å². The molecule has 1 aliphatic heterocycles. The van der Waals surface area contributed by atoms with Crippen molar-refractivity contribution in [3.63, 3.8) is 0 Å². The van der Waals surface area contributed by atoms with Crippen molar-refractivity contribution in [1.29, 1.82) is 0 Å². The summed E-state index contributed by atoms with van der Waals surface area (Å²) in [6.45, 7) is 31.1. The third-order valence-electron chi connectivity index (χ3n) is 23.6. The van der Waals surface area contributed by atoms with E-state index in [4.69, 9.17) is 0 Å². The van der Waals surface area contributed by atoms with Gasteiger partial charge in [0.1, 0.15) is 0 Å². The molecule has 11 aliphatic rings. The fraction of sp³-hybridized carbons (Fsp3) is 0.493. The molecule has 1 saturated carbocycles. The second-order valence-corrected chi connectivity index (χ2v) is 34.4. The standard InChI is InChI=1S/C71H80Si/c1-64(2)29-32-67(7,8)57-38-51-45(35-54(57)64)63-46-36-55-58(68(9,10)33-30-65(55,3)4)39-52(46)70(51,53-40-59-56(37-47(53)63)66(5,6)31-34-69(59,11)12)41-72(60-27-19-20-28-61(60)72)71-48-24-16-13-21-42(48)62(43-22-14-17-25-49(43)71)44-23-15-18-26-50(44)71/h13-18,21-26,35-40,60-63H,19-20,27-34,41H2,1-12H3. The van der Waals surface area contributed by atoms with E-state index in [0.29, 0.717) is 5.92 Å². The molecule has 2 atom stereocenters. The molecule has 0 aromatic heterocycles. The van der Waals surface area contributed by atoms with Crippen LogP contribution in [0.1, 0.15) is 259 Å². The van der Waals surface area contributed by atoms with E-state index >= 15 is 0 Å². The van der Waals surface area contributed by atoms with E-state index in [-0.39, 0.29) is 48.9 Å². The van der Waals surface area contributed by atoms with E-state index in [0.717, 1.165) is 11.1 Å². The topological polar surface area (TPSA) is 0 Å². The molecule has 6 aromatic rings. The lowest BCUT2D eigenvalue weighted by molar-refractivity contribution is 0.327. The monoisotopic (exact) mass is 961 g/mol. The number of hydrogen-bond acceptors (Lipinski definition) is 0. The van der Waals surface area contributed by atoms with Gasteiger partial charge in [-0.25, -0.2) is 0 Å². The van der Waals surface area contributed by atoms with Crippen molar-refractivity contribution in [3.8, 4) is 0 Å². The molecule has 0 N–H and O–H groups in total. The van der Waals surface area contributed by atoms with Gasteiger partial charge in [0, 0.05) is 22.3 Å². The van der Waals surface area contributed by atoms with E-state index in [9.17, 15) is 0 Å². The molecule has 1 saturated heterocycles. The summed E-state index contributed by atoms with van der Waals surface area (Å²) in [6.07, 6.45) is 13.0. The maximum Gasteiger partial charge on any atom is 0.0836 e. The summed E-state index contributed by atoms with van der Waals surface area (Å²) in [5, 5.41) is -0.144. The van der Waals surface area contributed by atoms with Crippen molar-refractivity contribution >= 4 is 8.07 Å². The summed E-state index contributed by atoms with van der Waals surface area (Å²) in [7, 11) is -2.58. The lowest BCUT2D eigenvalue weighted by atomic mass is 9.49. The van der Waals surface area contributed by atoms with Gasteiger partial charge in [0.25, 0.3) is 0 Å².